The fourth-order valence-corrected chi connectivity index (χ4v) is 3.12. The number of halogens is 3. The molecule has 8 heteroatoms. The number of ether oxygens (including phenoxy) is 3. The minimum Gasteiger partial charge on any atom is -0.423 e. The summed E-state index contributed by atoms with van der Waals surface area (Å²) in [7, 11) is 0. The first kappa shape index (κ1) is 21.3. The molecule has 1 aliphatic heterocycles. The highest BCUT2D eigenvalue weighted by atomic mass is 19.2. The van der Waals surface area contributed by atoms with E-state index in [9.17, 15) is 23.1 Å². The second-order valence-electron chi connectivity index (χ2n) is 7.39. The maximum absolute atomic E-state index is 13.2. The summed E-state index contributed by atoms with van der Waals surface area (Å²) in [5, 5.41) is 10.6. The van der Waals surface area contributed by atoms with Gasteiger partial charge in [-0.1, -0.05) is 32.4 Å². The molecule has 3 rings (SSSR count). The SMILES string of the molecule is CCCC1(C)COC(O)(c2ccc(C(=O)Oc3cc(F)c(F)c(F)c3)cc2)OC1. The maximum Gasteiger partial charge on any atom is 0.343 e. The summed E-state index contributed by atoms with van der Waals surface area (Å²) >= 11 is 0. The molecule has 1 fully saturated rings. The lowest BCUT2D eigenvalue weighted by Crippen LogP contribution is -2.46. The first-order valence-corrected chi connectivity index (χ1v) is 9.13. The van der Waals surface area contributed by atoms with Crippen molar-refractivity contribution in [1.29, 1.82) is 0 Å². The number of hydrogen-bond acceptors (Lipinski definition) is 5. The Labute approximate surface area is 166 Å². The fourth-order valence-electron chi connectivity index (χ4n) is 3.12. The van der Waals surface area contributed by atoms with Crippen LogP contribution in [0, 0.1) is 22.9 Å². The molecule has 0 bridgehead atoms. The van der Waals surface area contributed by atoms with Crippen LogP contribution in [0.25, 0.3) is 0 Å². The van der Waals surface area contributed by atoms with Gasteiger partial charge in [-0.3, -0.25) is 0 Å². The average Bonchev–Trinajstić information content (AvgIpc) is 2.69. The van der Waals surface area contributed by atoms with Gasteiger partial charge in [0, 0.05) is 23.1 Å². The number of rotatable bonds is 5. The number of esters is 1. The Morgan fingerprint density at radius 2 is 1.66 bits per heavy atom. The lowest BCUT2D eigenvalue weighted by molar-refractivity contribution is -0.414. The summed E-state index contributed by atoms with van der Waals surface area (Å²) in [6.45, 7) is 4.68. The first-order valence-electron chi connectivity index (χ1n) is 9.13. The van der Waals surface area contributed by atoms with Crippen molar-refractivity contribution in [3.05, 3.63) is 65.0 Å². The quantitative estimate of drug-likeness (QED) is 0.453. The Morgan fingerprint density at radius 1 is 1.10 bits per heavy atom. The van der Waals surface area contributed by atoms with E-state index in [0.29, 0.717) is 25.3 Å². The molecule has 0 radical (unpaired) electrons. The molecular formula is C21H21F3O5. The van der Waals surface area contributed by atoms with Gasteiger partial charge in [-0.15, -0.1) is 0 Å². The van der Waals surface area contributed by atoms with E-state index in [0.717, 1.165) is 12.8 Å². The van der Waals surface area contributed by atoms with Gasteiger partial charge in [0.2, 0.25) is 0 Å². The first-order chi connectivity index (χ1) is 13.7. The third kappa shape index (κ3) is 4.60. The van der Waals surface area contributed by atoms with E-state index < -0.39 is 35.1 Å². The molecule has 0 atom stereocenters. The number of benzene rings is 2. The van der Waals surface area contributed by atoms with Crippen molar-refractivity contribution in [3.8, 4) is 5.75 Å². The molecule has 156 valence electrons. The standard InChI is InChI=1S/C21H21F3O5/c1-3-8-20(2)11-27-21(26,28-12-20)14-6-4-13(5-7-14)19(25)29-15-9-16(22)18(24)17(23)10-15/h4-7,9-10,26H,3,8,11-12H2,1-2H3. The topological polar surface area (TPSA) is 65.0 Å². The van der Waals surface area contributed by atoms with Crippen LogP contribution in [0.3, 0.4) is 0 Å². The van der Waals surface area contributed by atoms with E-state index in [-0.39, 0.29) is 16.5 Å². The van der Waals surface area contributed by atoms with Crippen molar-refractivity contribution in [3.63, 3.8) is 0 Å². The van der Waals surface area contributed by atoms with Gasteiger partial charge in [0.25, 0.3) is 0 Å². The zero-order chi connectivity index (χ0) is 21.2. The van der Waals surface area contributed by atoms with E-state index in [4.69, 9.17) is 14.2 Å². The highest BCUT2D eigenvalue weighted by Crippen LogP contribution is 2.37. The Hall–Kier alpha value is -2.42. The van der Waals surface area contributed by atoms with Crippen LogP contribution in [-0.2, 0) is 15.4 Å². The molecule has 0 aliphatic carbocycles. The molecule has 29 heavy (non-hydrogen) atoms. The van der Waals surface area contributed by atoms with Crippen LogP contribution in [-0.4, -0.2) is 24.3 Å². The average molecular weight is 410 g/mol. The van der Waals surface area contributed by atoms with Crippen LogP contribution in [0.2, 0.25) is 0 Å². The molecule has 1 saturated heterocycles. The molecule has 5 nitrogen and oxygen atoms in total. The van der Waals surface area contributed by atoms with Crippen LogP contribution >= 0.6 is 0 Å². The van der Waals surface area contributed by atoms with E-state index in [1.54, 1.807) is 0 Å². The zero-order valence-electron chi connectivity index (χ0n) is 16.0. The molecule has 1 N–H and O–H groups in total. The monoisotopic (exact) mass is 410 g/mol. The molecule has 0 unspecified atom stereocenters. The van der Waals surface area contributed by atoms with Crippen LogP contribution in [0.15, 0.2) is 36.4 Å². The second-order valence-corrected chi connectivity index (χ2v) is 7.39. The van der Waals surface area contributed by atoms with E-state index in [2.05, 4.69) is 6.92 Å². The third-order valence-corrected chi connectivity index (χ3v) is 4.74. The number of aliphatic hydroxyl groups is 1. The van der Waals surface area contributed by atoms with Crippen LogP contribution in [0.4, 0.5) is 13.2 Å². The summed E-state index contributed by atoms with van der Waals surface area (Å²) in [6, 6.07) is 6.68. The Bertz CT molecular complexity index is 867. The lowest BCUT2D eigenvalue weighted by Gasteiger charge is -2.41. The number of carbonyl (C=O) groups excluding carboxylic acids is 1. The van der Waals surface area contributed by atoms with E-state index >= 15 is 0 Å². The van der Waals surface area contributed by atoms with Gasteiger partial charge >= 0.3 is 11.9 Å². The largest absolute Gasteiger partial charge is 0.423 e. The Kier molecular flexibility index (Phi) is 5.97. The minimum absolute atomic E-state index is 0.0501. The zero-order valence-corrected chi connectivity index (χ0v) is 16.0. The number of hydrogen-bond donors (Lipinski definition) is 1. The molecule has 0 saturated carbocycles. The van der Waals surface area contributed by atoms with Gasteiger partial charge in [0.1, 0.15) is 5.75 Å². The van der Waals surface area contributed by atoms with Gasteiger partial charge < -0.3 is 19.3 Å². The normalized spacial score (nSPS) is 24.3. The van der Waals surface area contributed by atoms with Crippen LogP contribution < -0.4 is 4.74 Å². The van der Waals surface area contributed by atoms with E-state index in [1.165, 1.54) is 24.3 Å². The molecule has 1 aliphatic rings. The van der Waals surface area contributed by atoms with Gasteiger partial charge in [0.15, 0.2) is 17.5 Å². The summed E-state index contributed by atoms with van der Waals surface area (Å²) in [6.07, 6.45) is 1.85. The van der Waals surface area contributed by atoms with Crippen LogP contribution in [0.1, 0.15) is 42.6 Å². The van der Waals surface area contributed by atoms with Crippen molar-refractivity contribution in [2.24, 2.45) is 5.41 Å². The van der Waals surface area contributed by atoms with Crippen molar-refractivity contribution in [2.45, 2.75) is 32.7 Å². The smallest absolute Gasteiger partial charge is 0.343 e. The Morgan fingerprint density at radius 3 is 2.17 bits per heavy atom. The molecule has 1 heterocycles. The maximum atomic E-state index is 13.2. The fraction of sp³-hybridized carbons (Fsp3) is 0.381. The summed E-state index contributed by atoms with van der Waals surface area (Å²) < 4.78 is 55.4. The van der Waals surface area contributed by atoms with Gasteiger partial charge in [0.05, 0.1) is 18.8 Å². The molecule has 2 aromatic carbocycles. The molecule has 0 aromatic heterocycles. The predicted octanol–water partition coefficient (Wildman–Crippen LogP) is 4.28. The molecular weight excluding hydrogens is 389 g/mol. The van der Waals surface area contributed by atoms with Crippen molar-refractivity contribution in [1.82, 2.24) is 0 Å². The summed E-state index contributed by atoms with van der Waals surface area (Å²) in [4.78, 5) is 12.2. The highest BCUT2D eigenvalue weighted by molar-refractivity contribution is 5.91. The van der Waals surface area contributed by atoms with Crippen molar-refractivity contribution >= 4 is 5.97 Å². The van der Waals surface area contributed by atoms with Gasteiger partial charge in [-0.05, 0) is 18.6 Å². The minimum atomic E-state index is -1.93. The van der Waals surface area contributed by atoms with Gasteiger partial charge in [-0.2, -0.15) is 0 Å². The van der Waals surface area contributed by atoms with Gasteiger partial charge in [-0.25, -0.2) is 18.0 Å². The predicted molar refractivity (Wildman–Crippen MR) is 96.5 cm³/mol. The lowest BCUT2D eigenvalue weighted by atomic mass is 9.86. The Balaban J connectivity index is 1.69. The van der Waals surface area contributed by atoms with Crippen molar-refractivity contribution < 1.29 is 37.3 Å². The summed E-state index contributed by atoms with van der Waals surface area (Å²) in [5.74, 6) is -7.89. The number of carbonyl (C=O) groups is 1. The van der Waals surface area contributed by atoms with Crippen molar-refractivity contribution in [2.75, 3.05) is 13.2 Å². The van der Waals surface area contributed by atoms with Crippen LogP contribution in [0.5, 0.6) is 5.75 Å². The summed E-state index contributed by atoms with van der Waals surface area (Å²) in [5.41, 5.74) is 0.144. The molecule has 2 aromatic rings. The molecule has 0 amide bonds. The highest BCUT2D eigenvalue weighted by Gasteiger charge is 2.42. The molecule has 0 spiro atoms. The third-order valence-electron chi connectivity index (χ3n) is 4.74. The second kappa shape index (κ2) is 8.14. The van der Waals surface area contributed by atoms with E-state index in [1.807, 2.05) is 6.92 Å².